The summed E-state index contributed by atoms with van der Waals surface area (Å²) in [5, 5.41) is 4.53. The van der Waals surface area contributed by atoms with Gasteiger partial charge in [-0.1, -0.05) is 133 Å². The van der Waals surface area contributed by atoms with Crippen molar-refractivity contribution in [3.63, 3.8) is 0 Å². The Labute approximate surface area is 287 Å². The van der Waals surface area contributed by atoms with Crippen LogP contribution >= 0.6 is 0 Å². The molecule has 50 heavy (non-hydrogen) atoms. The maximum atomic E-state index is 6.26. The lowest BCUT2D eigenvalue weighted by Gasteiger charge is -2.14. The lowest BCUT2D eigenvalue weighted by atomic mass is 9.99. The molecule has 3 aromatic heterocycles. The normalized spacial score (nSPS) is 11.6. The zero-order valence-electron chi connectivity index (χ0n) is 26.9. The highest BCUT2D eigenvalue weighted by Gasteiger charge is 2.20. The van der Waals surface area contributed by atoms with Crippen molar-refractivity contribution in [2.75, 3.05) is 0 Å². The second kappa shape index (κ2) is 11.4. The van der Waals surface area contributed by atoms with Crippen LogP contribution in [0.4, 0.5) is 0 Å². The summed E-state index contributed by atoms with van der Waals surface area (Å²) in [6.45, 7) is 0. The molecule has 0 aliphatic heterocycles. The van der Waals surface area contributed by atoms with Crippen LogP contribution in [0.3, 0.4) is 0 Å². The largest absolute Gasteiger partial charge is 0.456 e. The Morgan fingerprint density at radius 2 is 0.960 bits per heavy atom. The number of benzene rings is 7. The van der Waals surface area contributed by atoms with E-state index in [1.165, 1.54) is 5.39 Å². The molecule has 0 unspecified atom stereocenters. The first-order valence-corrected chi connectivity index (χ1v) is 16.7. The molecule has 5 nitrogen and oxygen atoms in total. The van der Waals surface area contributed by atoms with Crippen LogP contribution in [0.15, 0.2) is 174 Å². The third-order valence-corrected chi connectivity index (χ3v) is 9.45. The van der Waals surface area contributed by atoms with E-state index in [1.807, 2.05) is 78.9 Å². The van der Waals surface area contributed by atoms with Gasteiger partial charge in [0.05, 0.1) is 11.0 Å². The van der Waals surface area contributed by atoms with Crippen molar-refractivity contribution in [3.05, 3.63) is 170 Å². The molecule has 0 aliphatic rings. The maximum Gasteiger partial charge on any atom is 0.166 e. The Kier molecular flexibility index (Phi) is 6.42. The van der Waals surface area contributed by atoms with Crippen LogP contribution < -0.4 is 0 Å². The lowest BCUT2D eigenvalue weighted by Crippen LogP contribution is -2.02. The molecule has 10 rings (SSSR count). The van der Waals surface area contributed by atoms with Crippen LogP contribution in [0, 0.1) is 0 Å². The predicted molar refractivity (Wildman–Crippen MR) is 203 cm³/mol. The summed E-state index contributed by atoms with van der Waals surface area (Å²) in [6, 6.07) is 58.6. The van der Waals surface area contributed by atoms with E-state index in [1.54, 1.807) is 0 Å². The highest BCUT2D eigenvalue weighted by atomic mass is 16.3. The monoisotopic (exact) mass is 640 g/mol. The smallest absolute Gasteiger partial charge is 0.166 e. The van der Waals surface area contributed by atoms with Crippen molar-refractivity contribution in [2.24, 2.45) is 0 Å². The zero-order valence-corrected chi connectivity index (χ0v) is 26.9. The van der Waals surface area contributed by atoms with Crippen molar-refractivity contribution in [1.29, 1.82) is 0 Å². The van der Waals surface area contributed by atoms with Gasteiger partial charge in [-0.3, -0.25) is 0 Å². The first-order chi connectivity index (χ1) is 24.8. The molecule has 0 saturated heterocycles. The Morgan fingerprint density at radius 1 is 0.400 bits per heavy atom. The van der Waals surface area contributed by atoms with E-state index in [4.69, 9.17) is 19.4 Å². The van der Waals surface area contributed by atoms with Gasteiger partial charge in [-0.15, -0.1) is 0 Å². The topological polar surface area (TPSA) is 56.7 Å². The Morgan fingerprint density at radius 3 is 1.74 bits per heavy atom. The number of nitrogens with zero attached hydrogens (tertiary/aromatic N) is 4. The zero-order chi connectivity index (χ0) is 33.0. The number of hydrogen-bond donors (Lipinski definition) is 0. The average Bonchev–Trinajstić information content (AvgIpc) is 3.75. The number of aromatic nitrogens is 4. The van der Waals surface area contributed by atoms with Gasteiger partial charge in [0, 0.05) is 43.9 Å². The van der Waals surface area contributed by atoms with Crippen LogP contribution in [0.25, 0.3) is 94.7 Å². The molecule has 7 aromatic carbocycles. The molecule has 0 fully saturated rings. The summed E-state index contributed by atoms with van der Waals surface area (Å²) in [6.07, 6.45) is 0. The second-order valence-corrected chi connectivity index (χ2v) is 12.4. The third kappa shape index (κ3) is 4.52. The standard InChI is InChI=1S/C45H28N4O/c1-3-14-29(15-4-1)43-46-44(30-16-5-2-6-17-30)48-45(47-43)37-24-12-23-35-34-20-7-9-25-38(34)49(42(35)37)32-19-11-18-31(28-32)33-22-13-27-40-41(33)36-21-8-10-26-39(36)50-40/h1-28H. The third-order valence-electron chi connectivity index (χ3n) is 9.45. The molecule has 0 bridgehead atoms. The van der Waals surface area contributed by atoms with Crippen LogP contribution in [0.2, 0.25) is 0 Å². The Balaban J connectivity index is 1.24. The van der Waals surface area contributed by atoms with Crippen LogP contribution in [-0.4, -0.2) is 19.5 Å². The van der Waals surface area contributed by atoms with Gasteiger partial charge in [0.1, 0.15) is 11.2 Å². The molecule has 0 amide bonds. The fourth-order valence-corrected chi connectivity index (χ4v) is 7.22. The van der Waals surface area contributed by atoms with E-state index < -0.39 is 0 Å². The van der Waals surface area contributed by atoms with E-state index in [-0.39, 0.29) is 0 Å². The first-order valence-electron chi connectivity index (χ1n) is 16.7. The van der Waals surface area contributed by atoms with Crippen molar-refractivity contribution in [2.45, 2.75) is 0 Å². The summed E-state index contributed by atoms with van der Waals surface area (Å²) < 4.78 is 8.61. The first kappa shape index (κ1) is 28.2. The van der Waals surface area contributed by atoms with Crippen molar-refractivity contribution < 1.29 is 4.42 Å². The van der Waals surface area contributed by atoms with Crippen LogP contribution in [0.1, 0.15) is 0 Å². The minimum absolute atomic E-state index is 0.623. The van der Waals surface area contributed by atoms with Gasteiger partial charge >= 0.3 is 0 Å². The van der Waals surface area contributed by atoms with E-state index >= 15 is 0 Å². The van der Waals surface area contributed by atoms with Crippen molar-refractivity contribution in [3.8, 4) is 51.0 Å². The van der Waals surface area contributed by atoms with Crippen LogP contribution in [-0.2, 0) is 0 Å². The molecule has 234 valence electrons. The molecule has 0 atom stereocenters. The van der Waals surface area contributed by atoms with Gasteiger partial charge in [-0.2, -0.15) is 0 Å². The van der Waals surface area contributed by atoms with Gasteiger partial charge in [-0.25, -0.2) is 15.0 Å². The van der Waals surface area contributed by atoms with E-state index in [9.17, 15) is 0 Å². The molecule has 0 N–H and O–H groups in total. The minimum atomic E-state index is 0.623. The maximum absolute atomic E-state index is 6.26. The highest BCUT2D eigenvalue weighted by molar-refractivity contribution is 6.14. The lowest BCUT2D eigenvalue weighted by molar-refractivity contribution is 0.669. The van der Waals surface area contributed by atoms with E-state index in [0.717, 1.165) is 71.9 Å². The number of rotatable bonds is 5. The molecule has 0 saturated carbocycles. The second-order valence-electron chi connectivity index (χ2n) is 12.4. The van der Waals surface area contributed by atoms with E-state index in [0.29, 0.717) is 17.5 Å². The highest BCUT2D eigenvalue weighted by Crippen LogP contribution is 2.40. The van der Waals surface area contributed by atoms with Gasteiger partial charge < -0.3 is 8.98 Å². The molecule has 0 spiro atoms. The molecule has 5 heteroatoms. The molecule has 10 aromatic rings. The van der Waals surface area contributed by atoms with Crippen molar-refractivity contribution >= 4 is 43.7 Å². The summed E-state index contributed by atoms with van der Waals surface area (Å²) in [5.41, 5.74) is 10.0. The predicted octanol–water partition coefficient (Wildman–Crippen LogP) is 11.5. The minimum Gasteiger partial charge on any atom is -0.456 e. The van der Waals surface area contributed by atoms with Crippen molar-refractivity contribution in [1.82, 2.24) is 19.5 Å². The van der Waals surface area contributed by atoms with Gasteiger partial charge in [0.25, 0.3) is 0 Å². The molecular formula is C45H28N4O. The molecule has 3 heterocycles. The summed E-state index contributed by atoms with van der Waals surface area (Å²) in [5.74, 6) is 1.89. The molecule has 0 aliphatic carbocycles. The SMILES string of the molecule is c1ccc(-c2nc(-c3ccccc3)nc(-c3cccc4c5ccccc5n(-c5cccc(-c6cccc7oc8ccccc8c67)c5)c34)n2)cc1. The number of fused-ring (bicyclic) bond motifs is 6. The number of para-hydroxylation sites is 3. The molecular weight excluding hydrogens is 613 g/mol. The molecule has 0 radical (unpaired) electrons. The van der Waals surface area contributed by atoms with Gasteiger partial charge in [0.2, 0.25) is 0 Å². The fourth-order valence-electron chi connectivity index (χ4n) is 7.22. The van der Waals surface area contributed by atoms with Gasteiger partial charge in [0.15, 0.2) is 17.5 Å². The average molecular weight is 641 g/mol. The van der Waals surface area contributed by atoms with Crippen LogP contribution in [0.5, 0.6) is 0 Å². The van der Waals surface area contributed by atoms with E-state index in [2.05, 4.69) is 95.6 Å². The summed E-state index contributed by atoms with van der Waals surface area (Å²) >= 11 is 0. The summed E-state index contributed by atoms with van der Waals surface area (Å²) in [4.78, 5) is 15.2. The van der Waals surface area contributed by atoms with Gasteiger partial charge in [-0.05, 0) is 47.5 Å². The number of furan rings is 1. The quantitative estimate of drug-likeness (QED) is 0.188. The Bertz CT molecular complexity index is 2810. The number of hydrogen-bond acceptors (Lipinski definition) is 4. The Hall–Kier alpha value is -6.85. The summed E-state index contributed by atoms with van der Waals surface area (Å²) in [7, 11) is 0. The fraction of sp³-hybridized carbons (Fsp3) is 0.